The minimum Gasteiger partial charge on any atom is -0.477 e. The lowest BCUT2D eigenvalue weighted by atomic mass is 10.1. The summed E-state index contributed by atoms with van der Waals surface area (Å²) < 4.78 is 0. The first-order chi connectivity index (χ1) is 10.8. The van der Waals surface area contributed by atoms with Gasteiger partial charge in [-0.05, 0) is 31.5 Å². The highest BCUT2D eigenvalue weighted by Crippen LogP contribution is 2.26. The number of amides is 1. The summed E-state index contributed by atoms with van der Waals surface area (Å²) >= 11 is 13.1. The van der Waals surface area contributed by atoms with Gasteiger partial charge in [-0.15, -0.1) is 11.3 Å². The van der Waals surface area contributed by atoms with Crippen molar-refractivity contribution in [3.05, 3.63) is 49.4 Å². The fourth-order valence-electron chi connectivity index (χ4n) is 2.02. The highest BCUT2D eigenvalue weighted by Gasteiger charge is 2.20. The van der Waals surface area contributed by atoms with E-state index in [1.165, 1.54) is 0 Å². The average Bonchev–Trinajstić information content (AvgIpc) is 2.85. The van der Waals surface area contributed by atoms with Crippen LogP contribution in [0.3, 0.4) is 0 Å². The second-order valence-corrected chi connectivity index (χ2v) is 6.78. The Labute approximate surface area is 147 Å². The predicted molar refractivity (Wildman–Crippen MR) is 90.5 cm³/mol. The molecule has 0 radical (unpaired) electrons. The lowest BCUT2D eigenvalue weighted by Gasteiger charge is -2.12. The van der Waals surface area contributed by atoms with Gasteiger partial charge < -0.3 is 10.4 Å². The number of halogens is 2. The molecule has 0 fully saturated rings. The number of carboxylic acid groups (broad SMARTS) is 1. The number of rotatable bonds is 5. The second-order valence-electron chi connectivity index (χ2n) is 4.94. The normalized spacial score (nSPS) is 12.0. The average molecular weight is 373 g/mol. The Morgan fingerprint density at radius 3 is 2.48 bits per heavy atom. The van der Waals surface area contributed by atoms with Crippen molar-refractivity contribution in [1.82, 2.24) is 10.3 Å². The first-order valence-corrected chi connectivity index (χ1v) is 8.29. The van der Waals surface area contributed by atoms with Crippen molar-refractivity contribution < 1.29 is 14.7 Å². The summed E-state index contributed by atoms with van der Waals surface area (Å²) in [7, 11) is 0. The van der Waals surface area contributed by atoms with E-state index in [0.717, 1.165) is 11.3 Å². The number of thiazole rings is 1. The standard InChI is InChI=1S/C15H14Cl2N2O3S/c1-7-13(15(21)22)23-14(19-7)8(2)18-12(20)6-9-10(16)4-3-5-11(9)17/h3-5,8H,6H2,1-2H3,(H,18,20)(H,21,22). The molecule has 1 aromatic heterocycles. The van der Waals surface area contributed by atoms with Crippen LogP contribution in [0, 0.1) is 6.92 Å². The zero-order valence-electron chi connectivity index (χ0n) is 12.4. The Kier molecular flexibility index (Phi) is 5.62. The van der Waals surface area contributed by atoms with Gasteiger partial charge in [-0.3, -0.25) is 4.79 Å². The molecule has 0 spiro atoms. The number of carbonyl (C=O) groups is 2. The molecule has 122 valence electrons. The summed E-state index contributed by atoms with van der Waals surface area (Å²) in [6, 6.07) is 4.65. The molecule has 0 bridgehead atoms. The van der Waals surface area contributed by atoms with Crippen LogP contribution in [0.4, 0.5) is 0 Å². The summed E-state index contributed by atoms with van der Waals surface area (Å²) in [6.45, 7) is 3.37. The number of hydrogen-bond acceptors (Lipinski definition) is 4. The van der Waals surface area contributed by atoms with Crippen molar-refractivity contribution in [3.63, 3.8) is 0 Å². The van der Waals surface area contributed by atoms with E-state index in [1.54, 1.807) is 32.0 Å². The molecule has 0 saturated heterocycles. The molecule has 8 heteroatoms. The summed E-state index contributed by atoms with van der Waals surface area (Å²) in [6.07, 6.45) is 0.0407. The number of carboxylic acids is 1. The first-order valence-electron chi connectivity index (χ1n) is 6.72. The largest absolute Gasteiger partial charge is 0.477 e. The maximum atomic E-state index is 12.2. The Balaban J connectivity index is 2.08. The Morgan fingerprint density at radius 2 is 1.96 bits per heavy atom. The highest BCUT2D eigenvalue weighted by molar-refractivity contribution is 7.13. The molecular formula is C15H14Cl2N2O3S. The van der Waals surface area contributed by atoms with Crippen LogP contribution in [0.25, 0.3) is 0 Å². The molecule has 1 amide bonds. The number of nitrogens with zero attached hydrogens (tertiary/aromatic N) is 1. The Bertz CT molecular complexity index is 741. The van der Waals surface area contributed by atoms with Crippen LogP contribution in [-0.4, -0.2) is 22.0 Å². The number of nitrogens with one attached hydrogen (secondary N) is 1. The van der Waals surface area contributed by atoms with Crippen molar-refractivity contribution in [2.75, 3.05) is 0 Å². The van der Waals surface area contributed by atoms with Gasteiger partial charge >= 0.3 is 5.97 Å². The van der Waals surface area contributed by atoms with Crippen LogP contribution in [0.15, 0.2) is 18.2 Å². The van der Waals surface area contributed by atoms with Crippen LogP contribution in [0.2, 0.25) is 10.0 Å². The molecule has 0 aliphatic rings. The van der Waals surface area contributed by atoms with Gasteiger partial charge in [0.25, 0.3) is 0 Å². The predicted octanol–water partition coefficient (Wildman–Crippen LogP) is 3.88. The van der Waals surface area contributed by atoms with Crippen molar-refractivity contribution in [1.29, 1.82) is 0 Å². The summed E-state index contributed by atoms with van der Waals surface area (Å²) in [5.74, 6) is -1.29. The molecular weight excluding hydrogens is 359 g/mol. The summed E-state index contributed by atoms with van der Waals surface area (Å²) in [4.78, 5) is 27.6. The van der Waals surface area contributed by atoms with E-state index >= 15 is 0 Å². The van der Waals surface area contributed by atoms with E-state index in [9.17, 15) is 9.59 Å². The molecule has 1 heterocycles. The van der Waals surface area contributed by atoms with E-state index in [1.807, 2.05) is 0 Å². The number of benzene rings is 1. The first kappa shape index (κ1) is 17.7. The molecule has 2 N–H and O–H groups in total. The van der Waals surface area contributed by atoms with Crippen molar-refractivity contribution in [2.24, 2.45) is 0 Å². The highest BCUT2D eigenvalue weighted by atomic mass is 35.5. The van der Waals surface area contributed by atoms with Gasteiger partial charge in [0, 0.05) is 10.0 Å². The zero-order valence-corrected chi connectivity index (χ0v) is 14.7. The molecule has 0 aliphatic carbocycles. The molecule has 0 saturated carbocycles. The van der Waals surface area contributed by atoms with Crippen LogP contribution >= 0.6 is 34.5 Å². The number of hydrogen-bond donors (Lipinski definition) is 2. The summed E-state index contributed by atoms with van der Waals surface area (Å²) in [5, 5.41) is 13.2. The molecule has 1 atom stereocenters. The quantitative estimate of drug-likeness (QED) is 0.834. The van der Waals surface area contributed by atoms with E-state index in [-0.39, 0.29) is 17.2 Å². The topological polar surface area (TPSA) is 79.3 Å². The molecule has 5 nitrogen and oxygen atoms in total. The molecule has 0 aliphatic heterocycles. The third kappa shape index (κ3) is 4.22. The van der Waals surface area contributed by atoms with Gasteiger partial charge in [0.15, 0.2) is 0 Å². The molecule has 1 aromatic carbocycles. The minimum atomic E-state index is -1.02. The maximum Gasteiger partial charge on any atom is 0.347 e. The van der Waals surface area contributed by atoms with E-state index in [2.05, 4.69) is 10.3 Å². The Hall–Kier alpha value is -1.63. The fraction of sp³-hybridized carbons (Fsp3) is 0.267. The van der Waals surface area contributed by atoms with Crippen LogP contribution in [0.5, 0.6) is 0 Å². The van der Waals surface area contributed by atoms with E-state index in [0.29, 0.717) is 26.3 Å². The van der Waals surface area contributed by atoms with Crippen LogP contribution in [-0.2, 0) is 11.2 Å². The van der Waals surface area contributed by atoms with Crippen LogP contribution < -0.4 is 5.32 Å². The van der Waals surface area contributed by atoms with Gasteiger partial charge in [0.2, 0.25) is 5.91 Å². The molecule has 23 heavy (non-hydrogen) atoms. The third-order valence-electron chi connectivity index (χ3n) is 3.15. The maximum absolute atomic E-state index is 12.2. The van der Waals surface area contributed by atoms with Gasteiger partial charge in [0.1, 0.15) is 9.88 Å². The molecule has 2 rings (SSSR count). The number of aromatic nitrogens is 1. The zero-order chi connectivity index (χ0) is 17.1. The van der Waals surface area contributed by atoms with Gasteiger partial charge in [-0.1, -0.05) is 29.3 Å². The van der Waals surface area contributed by atoms with Gasteiger partial charge in [-0.2, -0.15) is 0 Å². The molecule has 2 aromatic rings. The molecule has 1 unspecified atom stereocenters. The number of carbonyl (C=O) groups excluding carboxylic acids is 1. The van der Waals surface area contributed by atoms with Gasteiger partial charge in [0.05, 0.1) is 18.2 Å². The van der Waals surface area contributed by atoms with Crippen molar-refractivity contribution >= 4 is 46.4 Å². The lowest BCUT2D eigenvalue weighted by molar-refractivity contribution is -0.121. The monoisotopic (exact) mass is 372 g/mol. The van der Waals surface area contributed by atoms with Crippen molar-refractivity contribution in [2.45, 2.75) is 26.3 Å². The fourth-order valence-corrected chi connectivity index (χ4v) is 3.46. The number of aryl methyl sites for hydroxylation is 1. The smallest absolute Gasteiger partial charge is 0.347 e. The van der Waals surface area contributed by atoms with E-state index in [4.69, 9.17) is 28.3 Å². The van der Waals surface area contributed by atoms with Gasteiger partial charge in [-0.25, -0.2) is 9.78 Å². The summed E-state index contributed by atoms with van der Waals surface area (Å²) in [5.41, 5.74) is 0.995. The van der Waals surface area contributed by atoms with E-state index < -0.39 is 12.0 Å². The lowest BCUT2D eigenvalue weighted by Crippen LogP contribution is -2.28. The minimum absolute atomic E-state index is 0.0407. The Morgan fingerprint density at radius 1 is 1.35 bits per heavy atom. The number of aromatic carboxylic acids is 1. The third-order valence-corrected chi connectivity index (χ3v) is 5.19. The SMILES string of the molecule is Cc1nc(C(C)NC(=O)Cc2c(Cl)cccc2Cl)sc1C(=O)O. The van der Waals surface area contributed by atoms with Crippen LogP contribution in [0.1, 0.15) is 38.9 Å². The van der Waals surface area contributed by atoms with Crippen molar-refractivity contribution in [3.8, 4) is 0 Å². The second kappa shape index (κ2) is 7.29.